The molecule has 94 valence electrons. The number of hydrogen-bond donors (Lipinski definition) is 2. The van der Waals surface area contributed by atoms with Crippen LogP contribution in [-0.4, -0.2) is 47.6 Å². The Bertz CT molecular complexity index is 355. The van der Waals surface area contributed by atoms with E-state index >= 15 is 0 Å². The van der Waals surface area contributed by atoms with Crippen molar-refractivity contribution in [3.05, 3.63) is 12.4 Å². The predicted molar refractivity (Wildman–Crippen MR) is 70.3 cm³/mol. The molecule has 1 saturated heterocycles. The number of hydrogen-bond acceptors (Lipinski definition) is 5. The largest absolute Gasteiger partial charge is 0.373 e. The lowest BCUT2D eigenvalue weighted by Crippen LogP contribution is -2.41. The molecule has 1 unspecified atom stereocenters. The molecule has 1 aromatic heterocycles. The second-order valence-electron chi connectivity index (χ2n) is 4.42. The Morgan fingerprint density at radius 1 is 1.41 bits per heavy atom. The third-order valence-electron chi connectivity index (χ3n) is 3.23. The molecule has 1 aliphatic rings. The Kier molecular flexibility index (Phi) is 4.14. The van der Waals surface area contributed by atoms with E-state index in [-0.39, 0.29) is 0 Å². The molecule has 2 N–H and O–H groups in total. The van der Waals surface area contributed by atoms with Crippen LogP contribution in [0.5, 0.6) is 0 Å². The van der Waals surface area contributed by atoms with Gasteiger partial charge in [-0.15, -0.1) is 0 Å². The van der Waals surface area contributed by atoms with E-state index in [0.717, 1.165) is 24.7 Å². The molecule has 17 heavy (non-hydrogen) atoms. The van der Waals surface area contributed by atoms with Crippen molar-refractivity contribution in [3.63, 3.8) is 0 Å². The zero-order valence-electron chi connectivity index (χ0n) is 10.6. The van der Waals surface area contributed by atoms with Crippen molar-refractivity contribution in [3.8, 4) is 0 Å². The van der Waals surface area contributed by atoms with Gasteiger partial charge >= 0.3 is 0 Å². The topological polar surface area (TPSA) is 53.1 Å². The number of nitrogens with zero attached hydrogens (tertiary/aromatic N) is 3. The molecule has 0 saturated carbocycles. The van der Waals surface area contributed by atoms with Crippen LogP contribution in [0, 0.1) is 0 Å². The summed E-state index contributed by atoms with van der Waals surface area (Å²) in [6.07, 6.45) is 4.07. The molecular formula is C12H21N5. The number of aromatic nitrogens is 2. The van der Waals surface area contributed by atoms with Crippen molar-refractivity contribution in [1.29, 1.82) is 0 Å². The molecule has 1 atom stereocenters. The van der Waals surface area contributed by atoms with Gasteiger partial charge in [0.1, 0.15) is 18.0 Å². The van der Waals surface area contributed by atoms with Crippen LogP contribution >= 0.6 is 0 Å². The number of nitrogens with one attached hydrogen (secondary N) is 2. The minimum atomic E-state index is 0.503. The molecule has 0 bridgehead atoms. The molecule has 2 rings (SSSR count). The molecule has 0 aromatic carbocycles. The molecule has 5 heteroatoms. The third-order valence-corrected chi connectivity index (χ3v) is 3.23. The average molecular weight is 235 g/mol. The monoisotopic (exact) mass is 235 g/mol. The molecule has 0 amide bonds. The van der Waals surface area contributed by atoms with Gasteiger partial charge in [0.2, 0.25) is 0 Å². The summed E-state index contributed by atoms with van der Waals surface area (Å²) in [6.45, 7) is 5.67. The minimum Gasteiger partial charge on any atom is -0.373 e. The summed E-state index contributed by atoms with van der Waals surface area (Å²) in [4.78, 5) is 10.8. The molecule has 0 radical (unpaired) electrons. The number of likely N-dealkylation sites (tertiary alicyclic amines) is 1. The van der Waals surface area contributed by atoms with Gasteiger partial charge < -0.3 is 15.5 Å². The number of anilines is 2. The summed E-state index contributed by atoms with van der Waals surface area (Å²) in [6, 6.07) is 2.45. The van der Waals surface area contributed by atoms with Crippen molar-refractivity contribution in [1.82, 2.24) is 14.9 Å². The van der Waals surface area contributed by atoms with E-state index in [1.807, 2.05) is 13.1 Å². The Hall–Kier alpha value is -1.36. The smallest absolute Gasteiger partial charge is 0.131 e. The first kappa shape index (κ1) is 12.1. The highest BCUT2D eigenvalue weighted by atomic mass is 15.2. The summed E-state index contributed by atoms with van der Waals surface area (Å²) in [5.41, 5.74) is 0. The maximum absolute atomic E-state index is 4.25. The quantitative estimate of drug-likeness (QED) is 0.826. The highest BCUT2D eigenvalue weighted by molar-refractivity contribution is 5.46. The lowest BCUT2D eigenvalue weighted by Gasteiger charge is -2.32. The van der Waals surface area contributed by atoms with Crippen LogP contribution < -0.4 is 10.6 Å². The van der Waals surface area contributed by atoms with Gasteiger partial charge in [-0.05, 0) is 25.9 Å². The number of piperidine rings is 1. The van der Waals surface area contributed by atoms with E-state index in [1.54, 1.807) is 6.33 Å². The summed E-state index contributed by atoms with van der Waals surface area (Å²) < 4.78 is 0. The van der Waals surface area contributed by atoms with Crippen molar-refractivity contribution in [2.45, 2.75) is 25.8 Å². The van der Waals surface area contributed by atoms with Gasteiger partial charge in [-0.25, -0.2) is 9.97 Å². The van der Waals surface area contributed by atoms with Gasteiger partial charge in [-0.2, -0.15) is 0 Å². The normalized spacial score (nSPS) is 21.2. The fourth-order valence-corrected chi connectivity index (χ4v) is 2.24. The Morgan fingerprint density at radius 2 is 2.24 bits per heavy atom. The molecule has 0 spiro atoms. The SMILES string of the molecule is CCN1CCCC(Nc2cc(NC)ncn2)C1. The van der Waals surface area contributed by atoms with Gasteiger partial charge in [-0.3, -0.25) is 0 Å². The van der Waals surface area contributed by atoms with Crippen LogP contribution in [0.1, 0.15) is 19.8 Å². The molecule has 1 aromatic rings. The van der Waals surface area contributed by atoms with Crippen LogP contribution in [0.2, 0.25) is 0 Å². The minimum absolute atomic E-state index is 0.503. The first-order valence-corrected chi connectivity index (χ1v) is 6.30. The molecule has 5 nitrogen and oxygen atoms in total. The summed E-state index contributed by atoms with van der Waals surface area (Å²) in [7, 11) is 1.87. The van der Waals surface area contributed by atoms with Gasteiger partial charge in [0, 0.05) is 25.7 Å². The first-order valence-electron chi connectivity index (χ1n) is 6.30. The van der Waals surface area contributed by atoms with E-state index in [0.29, 0.717) is 6.04 Å². The van der Waals surface area contributed by atoms with E-state index < -0.39 is 0 Å². The standard InChI is InChI=1S/C12H21N5/c1-3-17-6-4-5-10(8-17)16-12-7-11(13-2)14-9-15-12/h7,9-10H,3-6,8H2,1-2H3,(H2,13,14,15,16). The lowest BCUT2D eigenvalue weighted by molar-refractivity contribution is 0.226. The second-order valence-corrected chi connectivity index (χ2v) is 4.42. The van der Waals surface area contributed by atoms with E-state index in [1.165, 1.54) is 19.4 Å². The van der Waals surface area contributed by atoms with Crippen molar-refractivity contribution >= 4 is 11.6 Å². The van der Waals surface area contributed by atoms with Gasteiger partial charge in [0.05, 0.1) is 0 Å². The Balaban J connectivity index is 1.95. The zero-order valence-corrected chi connectivity index (χ0v) is 10.6. The molecule has 2 heterocycles. The molecule has 0 aliphatic carbocycles. The second kappa shape index (κ2) is 5.82. The first-order chi connectivity index (χ1) is 8.31. The van der Waals surface area contributed by atoms with E-state index in [2.05, 4.69) is 32.4 Å². The summed E-state index contributed by atoms with van der Waals surface area (Å²) >= 11 is 0. The van der Waals surface area contributed by atoms with Gasteiger partial charge in [0.25, 0.3) is 0 Å². The molecular weight excluding hydrogens is 214 g/mol. The van der Waals surface area contributed by atoms with E-state index in [4.69, 9.17) is 0 Å². The molecule has 1 aliphatic heterocycles. The Morgan fingerprint density at radius 3 is 3.00 bits per heavy atom. The maximum atomic E-state index is 4.25. The van der Waals surface area contributed by atoms with Crippen molar-refractivity contribution < 1.29 is 0 Å². The number of rotatable bonds is 4. The van der Waals surface area contributed by atoms with Crippen LogP contribution in [0.4, 0.5) is 11.6 Å². The lowest BCUT2D eigenvalue weighted by atomic mass is 10.1. The maximum Gasteiger partial charge on any atom is 0.131 e. The highest BCUT2D eigenvalue weighted by Gasteiger charge is 2.18. The third kappa shape index (κ3) is 3.30. The van der Waals surface area contributed by atoms with E-state index in [9.17, 15) is 0 Å². The highest BCUT2D eigenvalue weighted by Crippen LogP contribution is 2.15. The Labute approximate surface area is 103 Å². The summed E-state index contributed by atoms with van der Waals surface area (Å²) in [5, 5.41) is 6.51. The van der Waals surface area contributed by atoms with Crippen molar-refractivity contribution in [2.24, 2.45) is 0 Å². The molecule has 1 fully saturated rings. The van der Waals surface area contributed by atoms with Crippen LogP contribution in [0.3, 0.4) is 0 Å². The zero-order chi connectivity index (χ0) is 12.1. The van der Waals surface area contributed by atoms with Crippen LogP contribution in [0.15, 0.2) is 12.4 Å². The number of likely N-dealkylation sites (N-methyl/N-ethyl adjacent to an activating group) is 1. The summed E-state index contributed by atoms with van der Waals surface area (Å²) in [5.74, 6) is 1.76. The average Bonchev–Trinajstić information content (AvgIpc) is 2.39. The fraction of sp³-hybridized carbons (Fsp3) is 0.667. The van der Waals surface area contributed by atoms with Gasteiger partial charge in [-0.1, -0.05) is 6.92 Å². The predicted octanol–water partition coefficient (Wildman–Crippen LogP) is 1.41. The van der Waals surface area contributed by atoms with Crippen LogP contribution in [-0.2, 0) is 0 Å². The van der Waals surface area contributed by atoms with Crippen LogP contribution in [0.25, 0.3) is 0 Å². The fourth-order valence-electron chi connectivity index (χ4n) is 2.24. The van der Waals surface area contributed by atoms with Gasteiger partial charge in [0.15, 0.2) is 0 Å². The van der Waals surface area contributed by atoms with Crippen molar-refractivity contribution in [2.75, 3.05) is 37.3 Å².